The molecule has 24 heavy (non-hydrogen) atoms. The molecule has 0 heterocycles. The van der Waals surface area contributed by atoms with Crippen LogP contribution in [0.15, 0.2) is 46.9 Å². The highest BCUT2D eigenvalue weighted by Crippen LogP contribution is 2.29. The molecule has 0 aromatic heterocycles. The van der Waals surface area contributed by atoms with Gasteiger partial charge in [-0.05, 0) is 42.5 Å². The van der Waals surface area contributed by atoms with Gasteiger partial charge in [-0.1, -0.05) is 15.9 Å². The minimum Gasteiger partial charge on any atom is -0.483 e. The summed E-state index contributed by atoms with van der Waals surface area (Å²) in [6.07, 6.45) is -3.84. The Morgan fingerprint density at radius 3 is 2.42 bits per heavy atom. The van der Waals surface area contributed by atoms with Crippen molar-refractivity contribution in [2.45, 2.75) is 6.18 Å². The predicted molar refractivity (Wildman–Crippen MR) is 85.1 cm³/mol. The van der Waals surface area contributed by atoms with E-state index in [9.17, 15) is 22.8 Å². The fourth-order valence-electron chi connectivity index (χ4n) is 1.83. The van der Waals surface area contributed by atoms with Crippen molar-refractivity contribution in [3.8, 4) is 5.75 Å². The number of aldehydes is 1. The van der Waals surface area contributed by atoms with Gasteiger partial charge in [0.15, 0.2) is 12.9 Å². The first-order valence-electron chi connectivity index (χ1n) is 6.64. The second-order valence-electron chi connectivity index (χ2n) is 4.71. The molecule has 0 atom stereocenters. The lowest BCUT2D eigenvalue weighted by molar-refractivity contribution is -0.137. The molecule has 2 aromatic rings. The Hall–Kier alpha value is -2.35. The van der Waals surface area contributed by atoms with Crippen molar-refractivity contribution in [3.63, 3.8) is 0 Å². The van der Waals surface area contributed by atoms with Crippen molar-refractivity contribution in [2.24, 2.45) is 0 Å². The number of alkyl halides is 3. The molecule has 0 saturated carbocycles. The number of hydrogen-bond donors (Lipinski definition) is 1. The first-order valence-corrected chi connectivity index (χ1v) is 7.43. The Kier molecular flexibility index (Phi) is 5.61. The van der Waals surface area contributed by atoms with Crippen LogP contribution in [-0.2, 0) is 11.0 Å². The summed E-state index contributed by atoms with van der Waals surface area (Å²) in [4.78, 5) is 22.7. The third-order valence-corrected chi connectivity index (χ3v) is 3.45. The molecule has 2 rings (SSSR count). The molecule has 0 unspecified atom stereocenters. The number of carbonyl (C=O) groups is 2. The molecular weight excluding hydrogens is 391 g/mol. The van der Waals surface area contributed by atoms with E-state index >= 15 is 0 Å². The number of anilines is 1. The van der Waals surface area contributed by atoms with E-state index in [2.05, 4.69) is 21.2 Å². The van der Waals surface area contributed by atoms with Gasteiger partial charge in [0.25, 0.3) is 5.91 Å². The van der Waals surface area contributed by atoms with Gasteiger partial charge in [-0.15, -0.1) is 0 Å². The van der Waals surface area contributed by atoms with Crippen molar-refractivity contribution in [3.05, 3.63) is 58.1 Å². The summed E-state index contributed by atoms with van der Waals surface area (Å²) in [5.74, 6) is -0.328. The zero-order chi connectivity index (χ0) is 17.7. The van der Waals surface area contributed by atoms with Crippen LogP contribution in [0.5, 0.6) is 5.75 Å². The van der Waals surface area contributed by atoms with Gasteiger partial charge in [-0.2, -0.15) is 13.2 Å². The third-order valence-electron chi connectivity index (χ3n) is 2.95. The summed E-state index contributed by atoms with van der Waals surface area (Å²) < 4.78 is 43.3. The Bertz CT molecular complexity index is 745. The zero-order valence-electron chi connectivity index (χ0n) is 12.1. The van der Waals surface area contributed by atoms with Crippen LogP contribution in [0, 0.1) is 0 Å². The lowest BCUT2D eigenvalue weighted by atomic mass is 10.2. The average molecular weight is 402 g/mol. The van der Waals surface area contributed by atoms with E-state index in [1.807, 2.05) is 0 Å². The summed E-state index contributed by atoms with van der Waals surface area (Å²) in [5, 5.41) is 2.41. The third kappa shape index (κ3) is 4.82. The number of nitrogens with one attached hydrogen (secondary N) is 1. The van der Waals surface area contributed by atoms with Gasteiger partial charge in [0.1, 0.15) is 5.75 Å². The molecule has 0 radical (unpaired) electrons. The SMILES string of the molecule is O=Cc1cc(Br)ccc1OCC(=O)Nc1ccc(C(F)(F)F)cc1. The van der Waals surface area contributed by atoms with E-state index in [1.165, 1.54) is 12.1 Å². The van der Waals surface area contributed by atoms with Crippen LogP contribution in [0.25, 0.3) is 0 Å². The number of benzene rings is 2. The van der Waals surface area contributed by atoms with Crippen molar-refractivity contribution in [2.75, 3.05) is 11.9 Å². The molecule has 1 amide bonds. The minimum absolute atomic E-state index is 0.211. The first-order chi connectivity index (χ1) is 11.3. The maximum atomic E-state index is 12.5. The molecule has 126 valence electrons. The van der Waals surface area contributed by atoms with Gasteiger partial charge < -0.3 is 10.1 Å². The Morgan fingerprint density at radius 2 is 1.83 bits per heavy atom. The minimum atomic E-state index is -4.43. The van der Waals surface area contributed by atoms with Crippen molar-refractivity contribution < 1.29 is 27.5 Å². The van der Waals surface area contributed by atoms with Crippen molar-refractivity contribution in [1.82, 2.24) is 0 Å². The molecule has 0 aliphatic rings. The van der Waals surface area contributed by atoms with E-state index < -0.39 is 17.6 Å². The Balaban J connectivity index is 1.95. The number of rotatable bonds is 5. The van der Waals surface area contributed by atoms with Crippen LogP contribution >= 0.6 is 15.9 Å². The fourth-order valence-corrected chi connectivity index (χ4v) is 2.20. The van der Waals surface area contributed by atoms with Crippen LogP contribution in [0.1, 0.15) is 15.9 Å². The van der Waals surface area contributed by atoms with E-state index in [-0.39, 0.29) is 23.6 Å². The van der Waals surface area contributed by atoms with E-state index in [4.69, 9.17) is 4.74 Å². The maximum Gasteiger partial charge on any atom is 0.416 e. The largest absolute Gasteiger partial charge is 0.483 e. The Morgan fingerprint density at radius 1 is 1.17 bits per heavy atom. The standard InChI is InChI=1S/C16H11BrF3NO3/c17-12-3-6-14(10(7-12)8-22)24-9-15(23)21-13-4-1-11(2-5-13)16(18,19)20/h1-8H,9H2,(H,21,23). The molecule has 0 aliphatic carbocycles. The predicted octanol–water partition coefficient (Wildman–Crippen LogP) is 4.30. The molecular formula is C16H11BrF3NO3. The summed E-state index contributed by atoms with van der Waals surface area (Å²) in [5.41, 5.74) is -0.322. The molecule has 0 bridgehead atoms. The zero-order valence-corrected chi connectivity index (χ0v) is 13.6. The summed E-state index contributed by atoms with van der Waals surface area (Å²) in [6.45, 7) is -0.385. The van der Waals surface area contributed by atoms with Gasteiger partial charge >= 0.3 is 6.18 Å². The second-order valence-corrected chi connectivity index (χ2v) is 5.63. The van der Waals surface area contributed by atoms with Crippen LogP contribution in [0.3, 0.4) is 0 Å². The molecule has 0 fully saturated rings. The van der Waals surface area contributed by atoms with E-state index in [0.717, 1.165) is 24.3 Å². The highest BCUT2D eigenvalue weighted by Gasteiger charge is 2.29. The first kappa shape index (κ1) is 18.0. The lowest BCUT2D eigenvalue weighted by Gasteiger charge is -2.10. The van der Waals surface area contributed by atoms with Gasteiger partial charge in [0, 0.05) is 10.2 Å². The molecule has 2 aromatic carbocycles. The quantitative estimate of drug-likeness (QED) is 0.759. The van der Waals surface area contributed by atoms with Gasteiger partial charge in [-0.25, -0.2) is 0 Å². The smallest absolute Gasteiger partial charge is 0.416 e. The van der Waals surface area contributed by atoms with Crippen molar-refractivity contribution in [1.29, 1.82) is 0 Å². The van der Waals surface area contributed by atoms with E-state index in [0.29, 0.717) is 10.8 Å². The van der Waals surface area contributed by atoms with E-state index in [1.54, 1.807) is 6.07 Å². The van der Waals surface area contributed by atoms with Crippen molar-refractivity contribution >= 4 is 33.8 Å². The lowest BCUT2D eigenvalue weighted by Crippen LogP contribution is -2.20. The molecule has 4 nitrogen and oxygen atoms in total. The molecule has 0 aliphatic heterocycles. The van der Waals surface area contributed by atoms with Gasteiger partial charge in [0.05, 0.1) is 11.1 Å². The molecule has 1 N–H and O–H groups in total. The highest BCUT2D eigenvalue weighted by atomic mass is 79.9. The number of halogens is 4. The van der Waals surface area contributed by atoms with Crippen LogP contribution in [-0.4, -0.2) is 18.8 Å². The molecule has 0 saturated heterocycles. The van der Waals surface area contributed by atoms with Crippen LogP contribution < -0.4 is 10.1 Å². The molecule has 0 spiro atoms. The second kappa shape index (κ2) is 7.48. The van der Waals surface area contributed by atoms with Crippen LogP contribution in [0.4, 0.5) is 18.9 Å². The summed E-state index contributed by atoms with van der Waals surface area (Å²) in [6, 6.07) is 8.76. The number of carbonyl (C=O) groups excluding carboxylic acids is 2. The number of ether oxygens (including phenoxy) is 1. The van der Waals surface area contributed by atoms with Gasteiger partial charge in [0.2, 0.25) is 0 Å². The normalized spacial score (nSPS) is 11.0. The van der Waals surface area contributed by atoms with Gasteiger partial charge in [-0.3, -0.25) is 9.59 Å². The fraction of sp³-hybridized carbons (Fsp3) is 0.125. The number of hydrogen-bond acceptors (Lipinski definition) is 3. The summed E-state index contributed by atoms with van der Waals surface area (Å²) in [7, 11) is 0. The topological polar surface area (TPSA) is 55.4 Å². The average Bonchev–Trinajstić information content (AvgIpc) is 2.53. The number of amides is 1. The molecule has 8 heteroatoms. The monoisotopic (exact) mass is 401 g/mol. The van der Waals surface area contributed by atoms with Crippen LogP contribution in [0.2, 0.25) is 0 Å². The Labute approximate surface area is 143 Å². The highest BCUT2D eigenvalue weighted by molar-refractivity contribution is 9.10. The summed E-state index contributed by atoms with van der Waals surface area (Å²) >= 11 is 3.21. The maximum absolute atomic E-state index is 12.5.